The third-order valence-electron chi connectivity index (χ3n) is 5.24. The Morgan fingerprint density at radius 1 is 1.20 bits per heavy atom. The van der Waals surface area contributed by atoms with Gasteiger partial charge in [0.05, 0.1) is 0 Å². The van der Waals surface area contributed by atoms with Gasteiger partial charge in [-0.05, 0) is 44.9 Å². The number of aliphatic carboxylic acids is 1. The van der Waals surface area contributed by atoms with Gasteiger partial charge in [0.2, 0.25) is 11.9 Å². The Hall–Kier alpha value is -3.99. The molecule has 3 rings (SSSR count). The molecule has 35 heavy (non-hydrogen) atoms. The summed E-state index contributed by atoms with van der Waals surface area (Å²) in [6, 6.07) is 7.83. The second-order valence-corrected chi connectivity index (χ2v) is 8.29. The minimum absolute atomic E-state index is 0.0970. The second kappa shape index (κ2) is 11.4. The van der Waals surface area contributed by atoms with Crippen molar-refractivity contribution in [2.45, 2.75) is 38.8 Å². The highest BCUT2D eigenvalue weighted by Gasteiger charge is 2.36. The Morgan fingerprint density at radius 2 is 1.91 bits per heavy atom. The lowest BCUT2D eigenvalue weighted by atomic mass is 10.2. The monoisotopic (exact) mass is 500 g/mol. The van der Waals surface area contributed by atoms with E-state index < -0.39 is 35.8 Å². The number of carboxylic acid groups (broad SMARTS) is 1. The van der Waals surface area contributed by atoms with Crippen molar-refractivity contribution in [3.05, 3.63) is 64.7 Å². The molecule has 4 N–H and O–H groups in total. The van der Waals surface area contributed by atoms with Gasteiger partial charge in [-0.1, -0.05) is 29.8 Å². The van der Waals surface area contributed by atoms with E-state index in [9.17, 15) is 24.3 Å². The van der Waals surface area contributed by atoms with Crippen LogP contribution in [0.2, 0.25) is 5.15 Å². The molecule has 184 valence electrons. The number of rotatable bonds is 8. The van der Waals surface area contributed by atoms with Crippen LogP contribution in [-0.4, -0.2) is 62.3 Å². The molecule has 1 aromatic heterocycles. The predicted molar refractivity (Wildman–Crippen MR) is 127 cm³/mol. The summed E-state index contributed by atoms with van der Waals surface area (Å²) < 4.78 is 0. The predicted octanol–water partition coefficient (Wildman–Crippen LogP) is 1.70. The van der Waals surface area contributed by atoms with E-state index in [2.05, 4.69) is 25.9 Å². The Kier molecular flexibility index (Phi) is 8.37. The third-order valence-corrected chi connectivity index (χ3v) is 5.43. The molecule has 0 unspecified atom stereocenters. The Bertz CT molecular complexity index is 1140. The van der Waals surface area contributed by atoms with Gasteiger partial charge in [-0.15, -0.1) is 0 Å². The minimum atomic E-state index is -1.09. The van der Waals surface area contributed by atoms with Crippen LogP contribution in [0.1, 0.15) is 35.8 Å². The van der Waals surface area contributed by atoms with Crippen LogP contribution in [0.5, 0.6) is 0 Å². The molecule has 0 radical (unpaired) electrons. The number of benzene rings is 1. The van der Waals surface area contributed by atoms with Gasteiger partial charge in [-0.2, -0.15) is 0 Å². The number of anilines is 1. The van der Waals surface area contributed by atoms with Crippen LogP contribution < -0.4 is 16.0 Å². The van der Waals surface area contributed by atoms with E-state index in [0.29, 0.717) is 24.1 Å². The average molecular weight is 501 g/mol. The lowest BCUT2D eigenvalue weighted by molar-refractivity contribution is -0.149. The van der Waals surface area contributed by atoms with E-state index in [4.69, 9.17) is 11.6 Å². The van der Waals surface area contributed by atoms with Crippen molar-refractivity contribution in [2.75, 3.05) is 11.9 Å². The van der Waals surface area contributed by atoms with Crippen molar-refractivity contribution in [3.63, 3.8) is 0 Å². The molecule has 3 amide bonds. The van der Waals surface area contributed by atoms with Gasteiger partial charge < -0.3 is 26.0 Å². The maximum atomic E-state index is 13.0. The third kappa shape index (κ3) is 6.76. The number of halogens is 1. The van der Waals surface area contributed by atoms with E-state index in [-0.39, 0.29) is 23.3 Å². The first-order chi connectivity index (χ1) is 16.7. The van der Waals surface area contributed by atoms with Crippen molar-refractivity contribution >= 4 is 41.2 Å². The fourth-order valence-electron chi connectivity index (χ4n) is 3.55. The molecular formula is C23H25ClN6O5. The maximum absolute atomic E-state index is 13.0. The Labute approximate surface area is 206 Å². The van der Waals surface area contributed by atoms with E-state index in [0.717, 1.165) is 0 Å². The van der Waals surface area contributed by atoms with Crippen molar-refractivity contribution < 1.29 is 24.3 Å². The van der Waals surface area contributed by atoms with Crippen LogP contribution in [0, 0.1) is 6.92 Å². The van der Waals surface area contributed by atoms with Crippen molar-refractivity contribution in [1.82, 2.24) is 25.5 Å². The number of hydrogen-bond acceptors (Lipinski definition) is 7. The molecule has 11 nitrogen and oxygen atoms in total. The highest BCUT2D eigenvalue weighted by atomic mass is 35.5. The fraction of sp³-hybridized carbons (Fsp3) is 0.304. The van der Waals surface area contributed by atoms with Crippen LogP contribution >= 0.6 is 11.6 Å². The van der Waals surface area contributed by atoms with Crippen LogP contribution in [0.15, 0.2) is 48.3 Å². The van der Waals surface area contributed by atoms with Crippen LogP contribution in [-0.2, 0) is 14.4 Å². The largest absolute Gasteiger partial charge is 0.480 e. The lowest BCUT2D eigenvalue weighted by Gasteiger charge is -2.25. The van der Waals surface area contributed by atoms with Gasteiger partial charge in [-0.3, -0.25) is 14.4 Å². The quantitative estimate of drug-likeness (QED) is 0.315. The summed E-state index contributed by atoms with van der Waals surface area (Å²) in [6.07, 6.45) is 2.10. The molecule has 0 bridgehead atoms. The molecular weight excluding hydrogens is 476 g/mol. The van der Waals surface area contributed by atoms with Crippen LogP contribution in [0.4, 0.5) is 5.95 Å². The lowest BCUT2D eigenvalue weighted by Crippen LogP contribution is -2.51. The fourth-order valence-corrected chi connectivity index (χ4v) is 3.78. The zero-order valence-electron chi connectivity index (χ0n) is 19.1. The van der Waals surface area contributed by atoms with Crippen molar-refractivity contribution in [1.29, 1.82) is 0 Å². The number of carboxylic acids is 1. The number of likely N-dealkylation sites (tertiary alicyclic amines) is 1. The minimum Gasteiger partial charge on any atom is -0.480 e. The first kappa shape index (κ1) is 25.6. The summed E-state index contributed by atoms with van der Waals surface area (Å²) in [6.45, 7) is 3.45. The smallest absolute Gasteiger partial charge is 0.326 e. The van der Waals surface area contributed by atoms with Gasteiger partial charge in [0.1, 0.15) is 22.9 Å². The Morgan fingerprint density at radius 3 is 2.57 bits per heavy atom. The first-order valence-electron chi connectivity index (χ1n) is 10.8. The molecule has 2 atom stereocenters. The number of nitrogens with zero attached hydrogens (tertiary/aromatic N) is 3. The van der Waals surface area contributed by atoms with E-state index in [1.54, 1.807) is 43.3 Å². The van der Waals surface area contributed by atoms with Crippen molar-refractivity contribution in [3.8, 4) is 0 Å². The highest BCUT2D eigenvalue weighted by Crippen LogP contribution is 2.18. The highest BCUT2D eigenvalue weighted by molar-refractivity contribution is 6.29. The van der Waals surface area contributed by atoms with Crippen LogP contribution in [0.3, 0.4) is 0 Å². The second-order valence-electron chi connectivity index (χ2n) is 7.90. The Balaban J connectivity index is 1.78. The number of carbonyl (C=O) groups is 4. The number of aryl methyl sites for hydroxylation is 1. The van der Waals surface area contributed by atoms with Gasteiger partial charge in [0.25, 0.3) is 11.8 Å². The molecule has 1 aromatic carbocycles. The molecule has 2 heterocycles. The summed E-state index contributed by atoms with van der Waals surface area (Å²) in [7, 11) is 0. The van der Waals surface area contributed by atoms with Gasteiger partial charge in [-0.25, -0.2) is 14.8 Å². The van der Waals surface area contributed by atoms with E-state index >= 15 is 0 Å². The molecule has 0 saturated carbocycles. The topological polar surface area (TPSA) is 154 Å². The van der Waals surface area contributed by atoms with Gasteiger partial charge in [0.15, 0.2) is 0 Å². The molecule has 1 saturated heterocycles. The first-order valence-corrected chi connectivity index (χ1v) is 11.2. The van der Waals surface area contributed by atoms with Gasteiger partial charge in [0, 0.05) is 24.0 Å². The molecule has 2 aromatic rings. The standard InChI is InChI=1S/C23H25ClN6O5/c1-13-11-18(24)29-23(26-13)25-12-16(28-19(31)15-7-4-3-5-8-15)20(32)27-14(2)21(33)30-10-6-9-17(30)22(34)35/h3-5,7-8,11-12,14,17H,6,9-10H2,1-2H3,(H,27,32)(H,28,31)(H,34,35)(H,25,26,29)/b16-12-/t14-,17-/m0/s1. The molecule has 1 aliphatic rings. The molecule has 1 aliphatic heterocycles. The summed E-state index contributed by atoms with van der Waals surface area (Å²) in [5.41, 5.74) is 0.681. The zero-order valence-corrected chi connectivity index (χ0v) is 19.9. The summed E-state index contributed by atoms with van der Waals surface area (Å²) >= 11 is 5.95. The normalized spacial score (nSPS) is 16.4. The number of carbonyl (C=O) groups excluding carboxylic acids is 3. The van der Waals surface area contributed by atoms with E-state index in [1.165, 1.54) is 18.0 Å². The summed E-state index contributed by atoms with van der Waals surface area (Å²) in [5, 5.41) is 17.3. The van der Waals surface area contributed by atoms with Crippen LogP contribution in [0.25, 0.3) is 0 Å². The molecule has 0 spiro atoms. The number of aromatic nitrogens is 2. The summed E-state index contributed by atoms with van der Waals surface area (Å²) in [5.74, 6) is -2.85. The zero-order chi connectivity index (χ0) is 25.5. The van der Waals surface area contributed by atoms with Crippen molar-refractivity contribution in [2.24, 2.45) is 0 Å². The molecule has 0 aliphatic carbocycles. The summed E-state index contributed by atoms with van der Waals surface area (Å²) in [4.78, 5) is 59.3. The number of nitrogens with one attached hydrogen (secondary N) is 3. The molecule has 1 fully saturated rings. The average Bonchev–Trinajstić information content (AvgIpc) is 3.31. The number of amides is 3. The maximum Gasteiger partial charge on any atom is 0.326 e. The van der Waals surface area contributed by atoms with Gasteiger partial charge >= 0.3 is 5.97 Å². The SMILES string of the molecule is Cc1cc(Cl)nc(N/C=C(\NC(=O)c2ccccc2)C(=O)N[C@@H](C)C(=O)N2CCC[C@H]2C(=O)O)n1. The van der Waals surface area contributed by atoms with E-state index in [1.807, 2.05) is 0 Å². The number of hydrogen-bond donors (Lipinski definition) is 4. The molecule has 12 heteroatoms.